The van der Waals surface area contributed by atoms with Gasteiger partial charge in [0.2, 0.25) is 0 Å². The van der Waals surface area contributed by atoms with Crippen molar-refractivity contribution in [3.8, 4) is 0 Å². The third kappa shape index (κ3) is 3.41. The SMILES string of the molecule is Cc1cccc(N(C2CCNCC2)S(=O)(=O)c2ccccc2)c1. The summed E-state index contributed by atoms with van der Waals surface area (Å²) in [6.07, 6.45) is 1.64. The lowest BCUT2D eigenvalue weighted by atomic mass is 10.1. The van der Waals surface area contributed by atoms with E-state index in [4.69, 9.17) is 0 Å². The average Bonchev–Trinajstić information content (AvgIpc) is 2.57. The first-order valence-corrected chi connectivity index (χ1v) is 9.40. The first kappa shape index (κ1) is 16.0. The van der Waals surface area contributed by atoms with Crippen LogP contribution in [-0.4, -0.2) is 27.5 Å². The highest BCUT2D eigenvalue weighted by atomic mass is 32.2. The number of aryl methyl sites for hydroxylation is 1. The molecule has 0 aromatic heterocycles. The summed E-state index contributed by atoms with van der Waals surface area (Å²) in [4.78, 5) is 0.347. The van der Waals surface area contributed by atoms with Crippen molar-refractivity contribution in [2.45, 2.75) is 30.7 Å². The van der Waals surface area contributed by atoms with E-state index >= 15 is 0 Å². The molecule has 0 saturated carbocycles. The Hall–Kier alpha value is -1.85. The van der Waals surface area contributed by atoms with Gasteiger partial charge in [0.1, 0.15) is 0 Å². The number of hydrogen-bond acceptors (Lipinski definition) is 3. The van der Waals surface area contributed by atoms with E-state index in [-0.39, 0.29) is 6.04 Å². The number of rotatable bonds is 4. The molecule has 23 heavy (non-hydrogen) atoms. The molecule has 0 unspecified atom stereocenters. The molecule has 1 aliphatic rings. The standard InChI is InChI=1S/C18H22N2O2S/c1-15-6-5-7-17(14-15)20(16-10-12-19-13-11-16)23(21,22)18-8-3-2-4-9-18/h2-9,14,16,19H,10-13H2,1H3. The monoisotopic (exact) mass is 330 g/mol. The Morgan fingerprint density at radius 1 is 1.00 bits per heavy atom. The molecule has 1 saturated heterocycles. The van der Waals surface area contributed by atoms with E-state index in [1.54, 1.807) is 28.6 Å². The largest absolute Gasteiger partial charge is 0.317 e. The first-order chi connectivity index (χ1) is 11.1. The van der Waals surface area contributed by atoms with Crippen molar-refractivity contribution in [1.29, 1.82) is 0 Å². The summed E-state index contributed by atoms with van der Waals surface area (Å²) >= 11 is 0. The Labute approximate surface area is 138 Å². The minimum atomic E-state index is -3.56. The maximum atomic E-state index is 13.2. The van der Waals surface area contributed by atoms with Gasteiger partial charge in [0, 0.05) is 6.04 Å². The van der Waals surface area contributed by atoms with E-state index < -0.39 is 10.0 Å². The maximum absolute atomic E-state index is 13.2. The van der Waals surface area contributed by atoms with Gasteiger partial charge < -0.3 is 5.32 Å². The molecule has 0 aliphatic carbocycles. The van der Waals surface area contributed by atoms with E-state index in [1.165, 1.54) is 0 Å². The van der Waals surface area contributed by atoms with Gasteiger partial charge in [-0.25, -0.2) is 8.42 Å². The van der Waals surface area contributed by atoms with Gasteiger partial charge in [-0.2, -0.15) is 0 Å². The van der Waals surface area contributed by atoms with Crippen molar-refractivity contribution >= 4 is 15.7 Å². The summed E-state index contributed by atoms with van der Waals surface area (Å²) in [5.74, 6) is 0. The number of anilines is 1. The Morgan fingerprint density at radius 2 is 1.70 bits per heavy atom. The summed E-state index contributed by atoms with van der Waals surface area (Å²) in [5, 5.41) is 3.30. The van der Waals surface area contributed by atoms with Gasteiger partial charge in [-0.05, 0) is 62.7 Å². The molecule has 0 amide bonds. The van der Waals surface area contributed by atoms with Crippen LogP contribution in [0.3, 0.4) is 0 Å². The molecule has 0 radical (unpaired) electrons. The van der Waals surface area contributed by atoms with Crippen LogP contribution >= 0.6 is 0 Å². The van der Waals surface area contributed by atoms with Crippen LogP contribution in [0.5, 0.6) is 0 Å². The molecule has 2 aromatic carbocycles. The molecule has 0 bridgehead atoms. The van der Waals surface area contributed by atoms with Crippen LogP contribution < -0.4 is 9.62 Å². The van der Waals surface area contributed by atoms with Crippen LogP contribution in [-0.2, 0) is 10.0 Å². The van der Waals surface area contributed by atoms with Crippen molar-refractivity contribution in [2.75, 3.05) is 17.4 Å². The summed E-state index contributed by atoms with van der Waals surface area (Å²) in [5.41, 5.74) is 1.81. The van der Waals surface area contributed by atoms with Crippen LogP contribution in [0.4, 0.5) is 5.69 Å². The van der Waals surface area contributed by atoms with Gasteiger partial charge in [-0.1, -0.05) is 30.3 Å². The first-order valence-electron chi connectivity index (χ1n) is 7.96. The summed E-state index contributed by atoms with van der Waals surface area (Å²) < 4.78 is 28.1. The summed E-state index contributed by atoms with van der Waals surface area (Å²) in [6.45, 7) is 3.67. The smallest absolute Gasteiger partial charge is 0.264 e. The number of nitrogens with zero attached hydrogens (tertiary/aromatic N) is 1. The molecule has 0 atom stereocenters. The van der Waals surface area contributed by atoms with Crippen LogP contribution in [0.2, 0.25) is 0 Å². The topological polar surface area (TPSA) is 49.4 Å². The lowest BCUT2D eigenvalue weighted by Crippen LogP contribution is -2.46. The minimum Gasteiger partial charge on any atom is -0.317 e. The molecule has 1 fully saturated rings. The zero-order chi connectivity index (χ0) is 16.3. The zero-order valence-electron chi connectivity index (χ0n) is 13.3. The number of piperidine rings is 1. The molecule has 1 heterocycles. The number of hydrogen-bond donors (Lipinski definition) is 1. The molecule has 122 valence electrons. The normalized spacial score (nSPS) is 16.2. The average molecular weight is 330 g/mol. The minimum absolute atomic E-state index is 0.0109. The lowest BCUT2D eigenvalue weighted by molar-refractivity contribution is 0.453. The van der Waals surface area contributed by atoms with Crippen molar-refractivity contribution in [3.63, 3.8) is 0 Å². The molecular formula is C18H22N2O2S. The fourth-order valence-electron chi connectivity index (χ4n) is 3.06. The fraction of sp³-hybridized carbons (Fsp3) is 0.333. The van der Waals surface area contributed by atoms with Crippen LogP contribution in [0, 0.1) is 6.92 Å². The molecule has 2 aromatic rings. The maximum Gasteiger partial charge on any atom is 0.264 e. The number of sulfonamides is 1. The predicted molar refractivity (Wildman–Crippen MR) is 93.2 cm³/mol. The number of nitrogens with one attached hydrogen (secondary N) is 1. The van der Waals surface area contributed by atoms with Gasteiger partial charge in [-0.3, -0.25) is 4.31 Å². The Morgan fingerprint density at radius 3 is 2.35 bits per heavy atom. The molecule has 1 N–H and O–H groups in total. The lowest BCUT2D eigenvalue weighted by Gasteiger charge is -2.35. The third-order valence-electron chi connectivity index (χ3n) is 4.20. The van der Waals surface area contributed by atoms with Gasteiger partial charge in [0.25, 0.3) is 10.0 Å². The van der Waals surface area contributed by atoms with Gasteiger partial charge in [0.15, 0.2) is 0 Å². The molecule has 4 nitrogen and oxygen atoms in total. The molecule has 3 rings (SSSR count). The molecule has 0 spiro atoms. The summed E-state index contributed by atoms with van der Waals surface area (Å²) in [6, 6.07) is 16.4. The molecular weight excluding hydrogens is 308 g/mol. The summed E-state index contributed by atoms with van der Waals surface area (Å²) in [7, 11) is -3.56. The molecule has 5 heteroatoms. The molecule has 1 aliphatic heterocycles. The fourth-order valence-corrected chi connectivity index (χ4v) is 4.78. The van der Waals surface area contributed by atoms with E-state index in [0.717, 1.165) is 37.2 Å². The van der Waals surface area contributed by atoms with Crippen molar-refractivity contribution in [1.82, 2.24) is 5.32 Å². The Balaban J connectivity index is 2.08. The van der Waals surface area contributed by atoms with E-state index in [1.807, 2.05) is 37.3 Å². The van der Waals surface area contributed by atoms with E-state index in [2.05, 4.69) is 5.32 Å². The van der Waals surface area contributed by atoms with Crippen molar-refractivity contribution < 1.29 is 8.42 Å². The second-order valence-electron chi connectivity index (χ2n) is 5.93. The highest BCUT2D eigenvalue weighted by Crippen LogP contribution is 2.29. The third-order valence-corrected chi connectivity index (χ3v) is 6.09. The predicted octanol–water partition coefficient (Wildman–Crippen LogP) is 2.94. The van der Waals surface area contributed by atoms with Crippen molar-refractivity contribution in [2.24, 2.45) is 0 Å². The van der Waals surface area contributed by atoms with E-state index in [9.17, 15) is 8.42 Å². The second kappa shape index (κ2) is 6.72. The van der Waals surface area contributed by atoms with Gasteiger partial charge in [-0.15, -0.1) is 0 Å². The van der Waals surface area contributed by atoms with Gasteiger partial charge >= 0.3 is 0 Å². The second-order valence-corrected chi connectivity index (χ2v) is 7.75. The van der Waals surface area contributed by atoms with Crippen LogP contribution in [0.1, 0.15) is 18.4 Å². The Bertz CT molecular complexity index is 754. The number of benzene rings is 2. The highest BCUT2D eigenvalue weighted by molar-refractivity contribution is 7.92. The van der Waals surface area contributed by atoms with Crippen LogP contribution in [0.15, 0.2) is 59.5 Å². The Kier molecular flexibility index (Phi) is 4.68. The van der Waals surface area contributed by atoms with E-state index in [0.29, 0.717) is 4.90 Å². The van der Waals surface area contributed by atoms with Crippen LogP contribution in [0.25, 0.3) is 0 Å². The van der Waals surface area contributed by atoms with Crippen molar-refractivity contribution in [3.05, 3.63) is 60.2 Å². The zero-order valence-corrected chi connectivity index (χ0v) is 14.1. The highest BCUT2D eigenvalue weighted by Gasteiger charge is 2.32. The van der Waals surface area contributed by atoms with Gasteiger partial charge in [0.05, 0.1) is 10.6 Å². The quantitative estimate of drug-likeness (QED) is 0.938.